The van der Waals surface area contributed by atoms with E-state index in [1.54, 1.807) is 0 Å². The van der Waals surface area contributed by atoms with Crippen LogP contribution in [0.4, 0.5) is 0 Å². The molecule has 1 aliphatic rings. The second-order valence-electron chi connectivity index (χ2n) is 4.51. The van der Waals surface area contributed by atoms with Gasteiger partial charge in [-0.3, -0.25) is 0 Å². The summed E-state index contributed by atoms with van der Waals surface area (Å²) in [6.45, 7) is 2.33. The van der Waals surface area contributed by atoms with Gasteiger partial charge in [-0.05, 0) is 24.8 Å². The zero-order chi connectivity index (χ0) is 10.7. The predicted octanol–water partition coefficient (Wildman–Crippen LogP) is 3.67. The Morgan fingerprint density at radius 3 is 3.07 bits per heavy atom. The molecule has 0 amide bonds. The van der Waals surface area contributed by atoms with Crippen molar-refractivity contribution in [3.05, 3.63) is 23.8 Å². The van der Waals surface area contributed by atoms with E-state index in [1.807, 2.05) is 12.3 Å². The molecule has 15 heavy (non-hydrogen) atoms. The lowest BCUT2D eigenvalue weighted by Crippen LogP contribution is -2.14. The summed E-state index contributed by atoms with van der Waals surface area (Å²) in [5.74, 6) is 2.48. The molecular weight excluding hydrogens is 252 g/mol. The molecule has 2 atom stereocenters. The third kappa shape index (κ3) is 2.77. The molecule has 2 unspecified atom stereocenters. The standard InChI is InChI=1S/C12H17BrN2/c1-9-3-2-4-10(7-9)12-14-6-5-11(8-13)15-12/h5-6,9-10H,2-4,7-8H2,1H3. The molecule has 2 nitrogen and oxygen atoms in total. The molecule has 1 heterocycles. The highest BCUT2D eigenvalue weighted by atomic mass is 79.9. The van der Waals surface area contributed by atoms with Crippen molar-refractivity contribution < 1.29 is 0 Å². The molecule has 2 rings (SSSR count). The molecule has 3 heteroatoms. The van der Waals surface area contributed by atoms with Crippen molar-refractivity contribution in [1.82, 2.24) is 9.97 Å². The summed E-state index contributed by atoms with van der Waals surface area (Å²) in [6.07, 6.45) is 7.10. The van der Waals surface area contributed by atoms with Gasteiger partial charge in [0.05, 0.1) is 5.69 Å². The van der Waals surface area contributed by atoms with Gasteiger partial charge >= 0.3 is 0 Å². The molecule has 1 saturated carbocycles. The van der Waals surface area contributed by atoms with Crippen molar-refractivity contribution in [1.29, 1.82) is 0 Å². The van der Waals surface area contributed by atoms with E-state index in [0.717, 1.165) is 22.8 Å². The Balaban J connectivity index is 2.13. The maximum atomic E-state index is 4.59. The van der Waals surface area contributed by atoms with Gasteiger partial charge in [0.1, 0.15) is 5.82 Å². The maximum absolute atomic E-state index is 4.59. The predicted molar refractivity (Wildman–Crippen MR) is 65.0 cm³/mol. The lowest BCUT2D eigenvalue weighted by atomic mass is 9.82. The fourth-order valence-corrected chi connectivity index (χ4v) is 2.66. The minimum Gasteiger partial charge on any atom is -0.241 e. The van der Waals surface area contributed by atoms with Gasteiger partial charge in [-0.25, -0.2) is 9.97 Å². The Labute approximate surface area is 99.7 Å². The molecule has 0 spiro atoms. The lowest BCUT2D eigenvalue weighted by molar-refractivity contribution is 0.335. The molecule has 1 aromatic rings. The molecule has 0 bridgehead atoms. The molecule has 0 N–H and O–H groups in total. The van der Waals surface area contributed by atoms with Crippen molar-refractivity contribution >= 4 is 15.9 Å². The van der Waals surface area contributed by atoms with Crippen molar-refractivity contribution in [3.8, 4) is 0 Å². The first kappa shape index (κ1) is 11.1. The minimum absolute atomic E-state index is 0.591. The van der Waals surface area contributed by atoms with E-state index in [1.165, 1.54) is 25.7 Å². The summed E-state index contributed by atoms with van der Waals surface area (Å²) >= 11 is 3.44. The average molecular weight is 269 g/mol. The van der Waals surface area contributed by atoms with Crippen LogP contribution in [0.15, 0.2) is 12.3 Å². The normalized spacial score (nSPS) is 26.5. The molecule has 82 valence electrons. The van der Waals surface area contributed by atoms with E-state index in [-0.39, 0.29) is 0 Å². The van der Waals surface area contributed by atoms with Crippen LogP contribution in [0.1, 0.15) is 50.0 Å². The molecule has 0 aromatic carbocycles. The number of nitrogens with zero attached hydrogens (tertiary/aromatic N) is 2. The largest absolute Gasteiger partial charge is 0.241 e. The summed E-state index contributed by atoms with van der Waals surface area (Å²) in [7, 11) is 0. The summed E-state index contributed by atoms with van der Waals surface area (Å²) in [4.78, 5) is 9.00. The van der Waals surface area contributed by atoms with Crippen molar-refractivity contribution in [3.63, 3.8) is 0 Å². The first-order valence-corrected chi connectivity index (χ1v) is 6.79. The van der Waals surface area contributed by atoms with Gasteiger partial charge in [-0.2, -0.15) is 0 Å². The Morgan fingerprint density at radius 1 is 1.47 bits per heavy atom. The highest BCUT2D eigenvalue weighted by Crippen LogP contribution is 2.34. The number of aromatic nitrogens is 2. The van der Waals surface area contributed by atoms with Crippen LogP contribution in [0.2, 0.25) is 0 Å². The summed E-state index contributed by atoms with van der Waals surface area (Å²) in [6, 6.07) is 1.98. The first-order valence-electron chi connectivity index (χ1n) is 5.67. The maximum Gasteiger partial charge on any atom is 0.131 e. The van der Waals surface area contributed by atoms with Crippen molar-refractivity contribution in [2.24, 2.45) is 5.92 Å². The van der Waals surface area contributed by atoms with Crippen molar-refractivity contribution in [2.45, 2.75) is 43.9 Å². The first-order chi connectivity index (χ1) is 7.29. The molecule has 1 aromatic heterocycles. The van der Waals surface area contributed by atoms with Gasteiger partial charge < -0.3 is 0 Å². The lowest BCUT2D eigenvalue weighted by Gasteiger charge is -2.25. The van der Waals surface area contributed by atoms with E-state index in [0.29, 0.717) is 5.92 Å². The molecule has 0 saturated heterocycles. The second-order valence-corrected chi connectivity index (χ2v) is 5.07. The van der Waals surface area contributed by atoms with Crippen LogP contribution in [0.5, 0.6) is 0 Å². The van der Waals surface area contributed by atoms with E-state index < -0.39 is 0 Å². The third-order valence-electron chi connectivity index (χ3n) is 3.17. The quantitative estimate of drug-likeness (QED) is 0.765. The number of halogens is 1. The van der Waals surface area contributed by atoms with E-state index in [9.17, 15) is 0 Å². The van der Waals surface area contributed by atoms with Crippen LogP contribution in [0.25, 0.3) is 0 Å². The SMILES string of the molecule is CC1CCCC(c2nccc(CBr)n2)C1. The van der Waals surface area contributed by atoms with Gasteiger partial charge in [-0.15, -0.1) is 0 Å². The van der Waals surface area contributed by atoms with E-state index in [2.05, 4.69) is 32.8 Å². The fourth-order valence-electron chi connectivity index (χ4n) is 2.35. The second kappa shape index (κ2) is 5.06. The van der Waals surface area contributed by atoms with Crippen LogP contribution in [-0.4, -0.2) is 9.97 Å². The molecular formula is C12H17BrN2. The molecule has 1 fully saturated rings. The van der Waals surface area contributed by atoms with Gasteiger partial charge in [-0.1, -0.05) is 35.7 Å². The molecule has 1 aliphatic carbocycles. The minimum atomic E-state index is 0.591. The zero-order valence-corrected chi connectivity index (χ0v) is 10.7. The van der Waals surface area contributed by atoms with Gasteiger partial charge in [0, 0.05) is 17.4 Å². The van der Waals surface area contributed by atoms with E-state index in [4.69, 9.17) is 0 Å². The number of hydrogen-bond donors (Lipinski definition) is 0. The van der Waals surface area contributed by atoms with Crippen LogP contribution < -0.4 is 0 Å². The summed E-state index contributed by atoms with van der Waals surface area (Å²) in [5, 5.41) is 0.824. The number of rotatable bonds is 2. The molecule has 0 aliphatic heterocycles. The topological polar surface area (TPSA) is 25.8 Å². The Morgan fingerprint density at radius 2 is 2.33 bits per heavy atom. The zero-order valence-electron chi connectivity index (χ0n) is 9.12. The Hall–Kier alpha value is -0.440. The Kier molecular flexibility index (Phi) is 3.73. The summed E-state index contributed by atoms with van der Waals surface area (Å²) < 4.78 is 0. The van der Waals surface area contributed by atoms with Gasteiger partial charge in [0.25, 0.3) is 0 Å². The van der Waals surface area contributed by atoms with Crippen LogP contribution in [-0.2, 0) is 5.33 Å². The smallest absolute Gasteiger partial charge is 0.131 e. The third-order valence-corrected chi connectivity index (χ3v) is 3.74. The van der Waals surface area contributed by atoms with Crippen LogP contribution in [0, 0.1) is 5.92 Å². The van der Waals surface area contributed by atoms with Gasteiger partial charge in [0.15, 0.2) is 0 Å². The monoisotopic (exact) mass is 268 g/mol. The average Bonchev–Trinajstić information content (AvgIpc) is 2.29. The number of hydrogen-bond acceptors (Lipinski definition) is 2. The number of alkyl halides is 1. The highest BCUT2D eigenvalue weighted by molar-refractivity contribution is 9.08. The van der Waals surface area contributed by atoms with Crippen LogP contribution in [0.3, 0.4) is 0 Å². The van der Waals surface area contributed by atoms with E-state index >= 15 is 0 Å². The fraction of sp³-hybridized carbons (Fsp3) is 0.667. The Bertz CT molecular complexity index is 327. The summed E-state index contributed by atoms with van der Waals surface area (Å²) in [5.41, 5.74) is 1.10. The van der Waals surface area contributed by atoms with Crippen LogP contribution >= 0.6 is 15.9 Å². The van der Waals surface area contributed by atoms with Crippen molar-refractivity contribution in [2.75, 3.05) is 0 Å². The van der Waals surface area contributed by atoms with Gasteiger partial charge in [0.2, 0.25) is 0 Å². The highest BCUT2D eigenvalue weighted by Gasteiger charge is 2.22. The molecule has 0 radical (unpaired) electrons.